The lowest BCUT2D eigenvalue weighted by molar-refractivity contribution is -0.115. The highest BCUT2D eigenvalue weighted by atomic mass is 32.2. The maximum Gasteiger partial charge on any atom is 0.226 e. The van der Waals surface area contributed by atoms with Crippen LogP contribution in [0.5, 0.6) is 0 Å². The number of hydrogen-bond donors (Lipinski definition) is 1. The number of hydrogen-bond acceptors (Lipinski definition) is 4. The maximum atomic E-state index is 11.9. The lowest BCUT2D eigenvalue weighted by Gasteiger charge is -2.02. The van der Waals surface area contributed by atoms with Gasteiger partial charge < -0.3 is 5.32 Å². The van der Waals surface area contributed by atoms with Crippen LogP contribution in [-0.2, 0) is 4.79 Å². The molecule has 0 saturated heterocycles. The summed E-state index contributed by atoms with van der Waals surface area (Å²) in [5.41, 5.74) is 0.927. The van der Waals surface area contributed by atoms with Gasteiger partial charge in [-0.05, 0) is 24.3 Å². The molecule has 1 amide bonds. The van der Waals surface area contributed by atoms with Crippen molar-refractivity contribution in [3.8, 4) is 0 Å². The molecule has 1 heterocycles. The molecule has 0 unspecified atom stereocenters. The summed E-state index contributed by atoms with van der Waals surface area (Å²) >= 11 is 3.19. The predicted octanol–water partition coefficient (Wildman–Crippen LogP) is 4.42. The average molecular weight is 314 g/mol. The Bertz CT molecular complexity index is 707. The van der Waals surface area contributed by atoms with E-state index in [4.69, 9.17) is 0 Å². The summed E-state index contributed by atoms with van der Waals surface area (Å²) in [6.45, 7) is 0. The van der Waals surface area contributed by atoms with Gasteiger partial charge in [0.1, 0.15) is 0 Å². The molecule has 21 heavy (non-hydrogen) atoms. The van der Waals surface area contributed by atoms with E-state index in [0.29, 0.717) is 11.6 Å². The first kappa shape index (κ1) is 14.1. The average Bonchev–Trinajstić information content (AvgIpc) is 2.90. The third-order valence-electron chi connectivity index (χ3n) is 2.88. The van der Waals surface area contributed by atoms with E-state index in [0.717, 1.165) is 16.0 Å². The minimum atomic E-state index is 0.0116. The molecule has 3 rings (SSSR count). The Kier molecular flexibility index (Phi) is 4.52. The highest BCUT2D eigenvalue weighted by Gasteiger charge is 2.07. The second-order valence-electron chi connectivity index (χ2n) is 4.45. The summed E-state index contributed by atoms with van der Waals surface area (Å²) in [5, 5.41) is 3.54. The molecular weight excluding hydrogens is 300 g/mol. The highest BCUT2D eigenvalue weighted by molar-refractivity contribution is 7.99. The number of nitrogens with one attached hydrogen (secondary N) is 1. The summed E-state index contributed by atoms with van der Waals surface area (Å²) in [7, 11) is 0. The number of anilines is 1. The second kappa shape index (κ2) is 6.74. The van der Waals surface area contributed by atoms with Crippen molar-refractivity contribution in [3.05, 3.63) is 54.6 Å². The Labute approximate surface area is 131 Å². The number of aromatic nitrogens is 1. The number of benzene rings is 2. The zero-order valence-corrected chi connectivity index (χ0v) is 12.9. The van der Waals surface area contributed by atoms with Crippen molar-refractivity contribution in [1.82, 2.24) is 4.98 Å². The van der Waals surface area contributed by atoms with Crippen molar-refractivity contribution in [1.29, 1.82) is 0 Å². The molecule has 0 atom stereocenters. The van der Waals surface area contributed by atoms with Crippen molar-refractivity contribution in [2.24, 2.45) is 0 Å². The molecule has 106 valence electrons. The van der Waals surface area contributed by atoms with Crippen LogP contribution < -0.4 is 5.32 Å². The molecule has 3 nitrogen and oxygen atoms in total. The third-order valence-corrected chi connectivity index (χ3v) is 4.85. The fourth-order valence-corrected chi connectivity index (χ4v) is 3.64. The molecule has 0 aliphatic heterocycles. The smallest absolute Gasteiger partial charge is 0.226 e. The zero-order chi connectivity index (χ0) is 14.5. The Morgan fingerprint density at radius 3 is 2.67 bits per heavy atom. The molecule has 0 spiro atoms. The third kappa shape index (κ3) is 3.83. The van der Waals surface area contributed by atoms with Crippen LogP contribution in [0.4, 0.5) is 5.13 Å². The van der Waals surface area contributed by atoms with Crippen molar-refractivity contribution in [2.45, 2.75) is 11.3 Å². The number of rotatable bonds is 5. The summed E-state index contributed by atoms with van der Waals surface area (Å²) in [4.78, 5) is 17.5. The van der Waals surface area contributed by atoms with Gasteiger partial charge in [-0.15, -0.1) is 11.8 Å². The normalized spacial score (nSPS) is 10.7. The molecule has 3 aromatic rings. The Morgan fingerprint density at radius 2 is 1.86 bits per heavy atom. The minimum Gasteiger partial charge on any atom is -0.302 e. The van der Waals surface area contributed by atoms with Crippen molar-refractivity contribution >= 4 is 44.4 Å². The van der Waals surface area contributed by atoms with Gasteiger partial charge in [-0.25, -0.2) is 4.98 Å². The van der Waals surface area contributed by atoms with Gasteiger partial charge in [0.05, 0.1) is 10.2 Å². The number of fused-ring (bicyclic) bond motifs is 1. The predicted molar refractivity (Wildman–Crippen MR) is 90.0 cm³/mol. The summed E-state index contributed by atoms with van der Waals surface area (Å²) in [6, 6.07) is 18.0. The molecule has 5 heteroatoms. The Morgan fingerprint density at radius 1 is 1.10 bits per heavy atom. The first-order valence-electron chi connectivity index (χ1n) is 6.64. The van der Waals surface area contributed by atoms with E-state index >= 15 is 0 Å². The van der Waals surface area contributed by atoms with Gasteiger partial charge in [0.2, 0.25) is 5.91 Å². The van der Waals surface area contributed by atoms with E-state index in [1.807, 2.05) is 42.5 Å². The molecule has 0 fully saturated rings. The summed E-state index contributed by atoms with van der Waals surface area (Å²) < 4.78 is 1.09. The van der Waals surface area contributed by atoms with Crippen LogP contribution in [0.25, 0.3) is 10.2 Å². The second-order valence-corrected chi connectivity index (χ2v) is 6.65. The lowest BCUT2D eigenvalue weighted by Crippen LogP contribution is -2.11. The highest BCUT2D eigenvalue weighted by Crippen LogP contribution is 2.25. The number of thiazole rings is 1. The van der Waals surface area contributed by atoms with Gasteiger partial charge in [0, 0.05) is 17.1 Å². The van der Waals surface area contributed by atoms with Gasteiger partial charge in [0.15, 0.2) is 5.13 Å². The van der Waals surface area contributed by atoms with E-state index in [2.05, 4.69) is 22.4 Å². The van der Waals surface area contributed by atoms with Gasteiger partial charge >= 0.3 is 0 Å². The first-order valence-corrected chi connectivity index (χ1v) is 8.45. The first-order chi connectivity index (χ1) is 10.3. The number of carbonyl (C=O) groups excluding carboxylic acids is 1. The van der Waals surface area contributed by atoms with Crippen molar-refractivity contribution in [3.63, 3.8) is 0 Å². The van der Waals surface area contributed by atoms with Gasteiger partial charge in [-0.2, -0.15) is 0 Å². The molecule has 0 bridgehead atoms. The monoisotopic (exact) mass is 314 g/mol. The number of amides is 1. The van der Waals surface area contributed by atoms with Gasteiger partial charge in [-0.1, -0.05) is 41.7 Å². The van der Waals surface area contributed by atoms with E-state index < -0.39 is 0 Å². The number of carbonyl (C=O) groups is 1. The summed E-state index contributed by atoms with van der Waals surface area (Å²) in [6.07, 6.45) is 0.482. The summed E-state index contributed by atoms with van der Waals surface area (Å²) in [5.74, 6) is 0.776. The Hall–Kier alpha value is -1.85. The van der Waals surface area contributed by atoms with Crippen LogP contribution in [-0.4, -0.2) is 16.6 Å². The molecular formula is C16H14N2OS2. The van der Waals surface area contributed by atoms with Crippen LogP contribution >= 0.6 is 23.1 Å². The quantitative estimate of drug-likeness (QED) is 0.709. The molecule has 0 saturated carbocycles. The van der Waals surface area contributed by atoms with E-state index in [1.165, 1.54) is 16.2 Å². The SMILES string of the molecule is O=C(CCSc1ccccc1)Nc1nc2ccccc2s1. The molecule has 1 N–H and O–H groups in total. The number of para-hydroxylation sites is 1. The lowest BCUT2D eigenvalue weighted by atomic mass is 10.3. The van der Waals surface area contributed by atoms with Gasteiger partial charge in [-0.3, -0.25) is 4.79 Å². The minimum absolute atomic E-state index is 0.0116. The van der Waals surface area contributed by atoms with Crippen molar-refractivity contribution < 1.29 is 4.79 Å². The fourth-order valence-electron chi connectivity index (χ4n) is 1.89. The number of thioether (sulfide) groups is 1. The zero-order valence-electron chi connectivity index (χ0n) is 11.3. The fraction of sp³-hybridized carbons (Fsp3) is 0.125. The van der Waals surface area contributed by atoms with Crippen LogP contribution in [0.2, 0.25) is 0 Å². The van der Waals surface area contributed by atoms with Gasteiger partial charge in [0.25, 0.3) is 0 Å². The molecule has 2 aromatic carbocycles. The number of nitrogens with zero attached hydrogens (tertiary/aromatic N) is 1. The molecule has 0 aliphatic carbocycles. The van der Waals surface area contributed by atoms with E-state index in [1.54, 1.807) is 11.8 Å². The maximum absolute atomic E-state index is 11.9. The van der Waals surface area contributed by atoms with E-state index in [9.17, 15) is 4.79 Å². The molecule has 1 aromatic heterocycles. The Balaban J connectivity index is 1.52. The van der Waals surface area contributed by atoms with Crippen molar-refractivity contribution in [2.75, 3.05) is 11.1 Å². The largest absolute Gasteiger partial charge is 0.302 e. The van der Waals surface area contributed by atoms with Crippen LogP contribution in [0.1, 0.15) is 6.42 Å². The van der Waals surface area contributed by atoms with Crippen LogP contribution in [0.3, 0.4) is 0 Å². The van der Waals surface area contributed by atoms with Crippen LogP contribution in [0.15, 0.2) is 59.5 Å². The molecule has 0 aliphatic rings. The van der Waals surface area contributed by atoms with Crippen LogP contribution in [0, 0.1) is 0 Å². The van der Waals surface area contributed by atoms with E-state index in [-0.39, 0.29) is 5.91 Å². The molecule has 0 radical (unpaired) electrons. The topological polar surface area (TPSA) is 42.0 Å². The standard InChI is InChI=1S/C16H14N2OS2/c19-15(10-11-20-12-6-2-1-3-7-12)18-16-17-13-8-4-5-9-14(13)21-16/h1-9H,10-11H2,(H,17,18,19).